The van der Waals surface area contributed by atoms with Gasteiger partial charge in [-0.15, -0.1) is 0 Å². The average Bonchev–Trinajstić information content (AvgIpc) is 2.68. The third kappa shape index (κ3) is 3.91. The van der Waals surface area contributed by atoms with Gasteiger partial charge in [0.05, 0.1) is 11.1 Å². The molecule has 0 bridgehead atoms. The van der Waals surface area contributed by atoms with E-state index < -0.39 is 5.82 Å². The van der Waals surface area contributed by atoms with E-state index in [4.69, 9.17) is 17.4 Å². The van der Waals surface area contributed by atoms with Crippen molar-refractivity contribution in [2.45, 2.75) is 44.6 Å². The highest BCUT2D eigenvalue weighted by Crippen LogP contribution is 2.21. The number of nitrogens with zero attached hydrogens (tertiary/aromatic N) is 1. The standard InChI is InChI=1S/C14H19ClFN3/c15-12-8-7-10(9-13(12)16)14(19-17)18-11-5-3-1-2-4-6-11/h7-9,11H,1-6,17H2,(H,18,19). The van der Waals surface area contributed by atoms with E-state index in [0.717, 1.165) is 12.8 Å². The Morgan fingerprint density at radius 1 is 1.26 bits per heavy atom. The maximum absolute atomic E-state index is 13.5. The number of nitrogens with two attached hydrogens (primary N) is 1. The Kier molecular flexibility index (Phi) is 5.16. The minimum atomic E-state index is -0.456. The summed E-state index contributed by atoms with van der Waals surface area (Å²) in [6.45, 7) is 0. The number of hydrogen-bond acceptors (Lipinski definition) is 2. The number of hydrazine groups is 1. The molecule has 0 amide bonds. The van der Waals surface area contributed by atoms with Crippen LogP contribution in [0, 0.1) is 5.82 Å². The van der Waals surface area contributed by atoms with Gasteiger partial charge in [0.25, 0.3) is 0 Å². The second-order valence-corrected chi connectivity index (χ2v) is 5.30. The van der Waals surface area contributed by atoms with Crippen molar-refractivity contribution < 1.29 is 4.39 Å². The lowest BCUT2D eigenvalue weighted by atomic mass is 10.1. The summed E-state index contributed by atoms with van der Waals surface area (Å²) in [5.41, 5.74) is 3.21. The molecule has 3 N–H and O–H groups in total. The number of rotatable bonds is 2. The number of aliphatic imine (C=N–C) groups is 1. The van der Waals surface area contributed by atoms with E-state index in [1.807, 2.05) is 0 Å². The Labute approximate surface area is 118 Å². The Bertz CT molecular complexity index is 454. The molecule has 5 heteroatoms. The lowest BCUT2D eigenvalue weighted by Gasteiger charge is -2.13. The molecule has 1 aromatic rings. The Morgan fingerprint density at radius 2 is 1.95 bits per heavy atom. The number of benzene rings is 1. The second-order valence-electron chi connectivity index (χ2n) is 4.90. The summed E-state index contributed by atoms with van der Waals surface area (Å²) in [5.74, 6) is 5.59. The minimum absolute atomic E-state index is 0.106. The van der Waals surface area contributed by atoms with Crippen LogP contribution >= 0.6 is 11.6 Å². The van der Waals surface area contributed by atoms with Crippen LogP contribution in [-0.4, -0.2) is 11.9 Å². The summed E-state index contributed by atoms with van der Waals surface area (Å²) in [6, 6.07) is 4.87. The van der Waals surface area contributed by atoms with Gasteiger partial charge < -0.3 is 5.43 Å². The van der Waals surface area contributed by atoms with E-state index >= 15 is 0 Å². The normalized spacial score (nSPS) is 18.2. The van der Waals surface area contributed by atoms with Crippen LogP contribution in [0.2, 0.25) is 5.02 Å². The first-order chi connectivity index (χ1) is 9.20. The molecule has 3 nitrogen and oxygen atoms in total. The van der Waals surface area contributed by atoms with Crippen LogP contribution in [-0.2, 0) is 0 Å². The number of amidine groups is 1. The Balaban J connectivity index is 2.19. The van der Waals surface area contributed by atoms with E-state index in [9.17, 15) is 4.39 Å². The molecule has 19 heavy (non-hydrogen) atoms. The van der Waals surface area contributed by atoms with E-state index in [-0.39, 0.29) is 11.1 Å². The van der Waals surface area contributed by atoms with Crippen LogP contribution < -0.4 is 11.3 Å². The maximum Gasteiger partial charge on any atom is 0.142 e. The van der Waals surface area contributed by atoms with Crippen LogP contribution in [0.25, 0.3) is 0 Å². The number of nitrogens with one attached hydrogen (secondary N) is 1. The molecule has 0 atom stereocenters. The fourth-order valence-corrected chi connectivity index (χ4v) is 2.53. The van der Waals surface area contributed by atoms with Crippen LogP contribution in [0.15, 0.2) is 23.2 Å². The summed E-state index contributed by atoms with van der Waals surface area (Å²) in [5, 5.41) is 0.106. The van der Waals surface area contributed by atoms with Crippen molar-refractivity contribution >= 4 is 17.4 Å². The highest BCUT2D eigenvalue weighted by molar-refractivity contribution is 6.30. The smallest absolute Gasteiger partial charge is 0.142 e. The van der Waals surface area contributed by atoms with Gasteiger partial charge in [-0.05, 0) is 31.0 Å². The largest absolute Gasteiger partial charge is 0.308 e. The molecule has 0 aliphatic heterocycles. The molecule has 0 aromatic heterocycles. The third-order valence-electron chi connectivity index (χ3n) is 3.47. The van der Waals surface area contributed by atoms with Crippen LogP contribution in [0.5, 0.6) is 0 Å². The molecule has 1 saturated carbocycles. The molecule has 1 aliphatic carbocycles. The summed E-state index contributed by atoms with van der Waals surface area (Å²) in [6.07, 6.45) is 7.07. The van der Waals surface area contributed by atoms with Crippen molar-refractivity contribution in [3.8, 4) is 0 Å². The van der Waals surface area contributed by atoms with Gasteiger partial charge in [0, 0.05) is 5.56 Å². The van der Waals surface area contributed by atoms with Gasteiger partial charge >= 0.3 is 0 Å². The third-order valence-corrected chi connectivity index (χ3v) is 3.77. The number of halogens is 2. The van der Waals surface area contributed by atoms with E-state index in [1.54, 1.807) is 6.07 Å². The maximum atomic E-state index is 13.5. The van der Waals surface area contributed by atoms with Gasteiger partial charge in [0.2, 0.25) is 0 Å². The van der Waals surface area contributed by atoms with Crippen molar-refractivity contribution in [2.24, 2.45) is 10.8 Å². The first kappa shape index (κ1) is 14.3. The highest BCUT2D eigenvalue weighted by atomic mass is 35.5. The van der Waals surface area contributed by atoms with Crippen molar-refractivity contribution in [1.29, 1.82) is 0 Å². The van der Waals surface area contributed by atoms with Gasteiger partial charge in [-0.3, -0.25) is 4.99 Å². The van der Waals surface area contributed by atoms with E-state index in [1.165, 1.54) is 37.8 Å². The van der Waals surface area contributed by atoms with Gasteiger partial charge in [-0.1, -0.05) is 37.3 Å². The molecule has 2 rings (SSSR count). The summed E-state index contributed by atoms with van der Waals surface area (Å²) in [4.78, 5) is 4.63. The summed E-state index contributed by atoms with van der Waals surface area (Å²) in [7, 11) is 0. The predicted octanol–water partition coefficient (Wildman–Crippen LogP) is 3.41. The quantitative estimate of drug-likeness (QED) is 0.287. The fraction of sp³-hybridized carbons (Fsp3) is 0.500. The first-order valence-electron chi connectivity index (χ1n) is 6.70. The zero-order chi connectivity index (χ0) is 13.7. The van der Waals surface area contributed by atoms with E-state index in [2.05, 4.69) is 10.4 Å². The average molecular weight is 284 g/mol. The SMILES string of the molecule is NNC(=NC1CCCCCC1)c1ccc(Cl)c(F)c1. The molecule has 0 spiro atoms. The van der Waals surface area contributed by atoms with Crippen molar-refractivity contribution in [2.75, 3.05) is 0 Å². The van der Waals surface area contributed by atoms with E-state index in [0.29, 0.717) is 11.4 Å². The molecular weight excluding hydrogens is 265 g/mol. The summed E-state index contributed by atoms with van der Waals surface area (Å²) < 4.78 is 13.5. The topological polar surface area (TPSA) is 50.4 Å². The highest BCUT2D eigenvalue weighted by Gasteiger charge is 2.13. The van der Waals surface area contributed by atoms with Crippen molar-refractivity contribution in [3.05, 3.63) is 34.6 Å². The number of hydrogen-bond donors (Lipinski definition) is 2. The van der Waals surface area contributed by atoms with Gasteiger partial charge in [-0.25, -0.2) is 10.2 Å². The minimum Gasteiger partial charge on any atom is -0.308 e. The van der Waals surface area contributed by atoms with Crippen molar-refractivity contribution in [3.63, 3.8) is 0 Å². The lowest BCUT2D eigenvalue weighted by molar-refractivity contribution is 0.583. The molecule has 1 fully saturated rings. The zero-order valence-electron chi connectivity index (χ0n) is 10.8. The molecule has 0 radical (unpaired) electrons. The van der Waals surface area contributed by atoms with Crippen LogP contribution in [0.4, 0.5) is 4.39 Å². The summed E-state index contributed by atoms with van der Waals surface area (Å²) >= 11 is 5.68. The van der Waals surface area contributed by atoms with Crippen LogP contribution in [0.1, 0.15) is 44.1 Å². The van der Waals surface area contributed by atoms with Crippen LogP contribution in [0.3, 0.4) is 0 Å². The lowest BCUT2D eigenvalue weighted by Crippen LogP contribution is -2.32. The van der Waals surface area contributed by atoms with Gasteiger partial charge in [0.1, 0.15) is 11.7 Å². The zero-order valence-corrected chi connectivity index (χ0v) is 11.6. The first-order valence-corrected chi connectivity index (χ1v) is 7.08. The fourth-order valence-electron chi connectivity index (χ4n) is 2.41. The molecule has 1 aliphatic rings. The molecular formula is C14H19ClFN3. The Hall–Kier alpha value is -1.13. The Morgan fingerprint density at radius 3 is 2.53 bits per heavy atom. The van der Waals surface area contributed by atoms with Crippen molar-refractivity contribution in [1.82, 2.24) is 5.43 Å². The monoisotopic (exact) mass is 283 g/mol. The molecule has 1 aromatic carbocycles. The second kappa shape index (κ2) is 6.87. The molecule has 0 saturated heterocycles. The van der Waals surface area contributed by atoms with Gasteiger partial charge in [-0.2, -0.15) is 0 Å². The molecule has 0 heterocycles. The van der Waals surface area contributed by atoms with Gasteiger partial charge in [0.15, 0.2) is 0 Å². The molecule has 104 valence electrons. The predicted molar refractivity (Wildman–Crippen MR) is 76.8 cm³/mol. The molecule has 0 unspecified atom stereocenters.